The van der Waals surface area contributed by atoms with Gasteiger partial charge in [-0.05, 0) is 205 Å². The summed E-state index contributed by atoms with van der Waals surface area (Å²) < 4.78 is 0. The molecule has 624 valence electrons. The molecule has 10 fully saturated rings. The zero-order valence-electron chi connectivity index (χ0n) is 78.4. The molecule has 0 spiro atoms. The Morgan fingerprint density at radius 2 is 0.308 bits per heavy atom. The first-order chi connectivity index (χ1) is 48.7. The lowest BCUT2D eigenvalue weighted by atomic mass is 9.61. The molecule has 10 saturated carbocycles. The van der Waals surface area contributed by atoms with E-state index in [0.717, 1.165) is 22.7 Å². The topological polar surface area (TPSA) is 0 Å². The molecule has 104 heavy (non-hydrogen) atoms. The van der Waals surface area contributed by atoms with E-state index in [4.69, 9.17) is 0 Å². The average molecular weight is 1460 g/mol. The molecule has 10 aliphatic rings. The summed E-state index contributed by atoms with van der Waals surface area (Å²) in [6.07, 6.45) is 93.7. The third kappa shape index (κ3) is 45.0. The normalized spacial score (nSPS) is 25.7. The summed E-state index contributed by atoms with van der Waals surface area (Å²) in [6.45, 7) is 62.4. The Bertz CT molecular complexity index is 1910. The molecular weight excluding hydrogens is 1250 g/mol. The summed E-state index contributed by atoms with van der Waals surface area (Å²) in [6, 6.07) is 0. The molecule has 0 unspecified atom stereocenters. The molecule has 0 saturated heterocycles. The van der Waals surface area contributed by atoms with E-state index in [1.165, 1.54) is 411 Å². The van der Waals surface area contributed by atoms with E-state index in [-0.39, 0.29) is 0 Å². The largest absolute Gasteiger partial charge is 0.0649 e. The van der Waals surface area contributed by atoms with Gasteiger partial charge in [-0.3, -0.25) is 0 Å². The summed E-state index contributed by atoms with van der Waals surface area (Å²) in [4.78, 5) is 0. The summed E-state index contributed by atoms with van der Waals surface area (Å²) in [5, 5.41) is 0. The first-order valence-electron chi connectivity index (χ1n) is 48.7. The Kier molecular flexibility index (Phi) is 52.1. The fourth-order valence-electron chi connectivity index (χ4n) is 19.9. The second kappa shape index (κ2) is 53.1. The fraction of sp³-hybridized carbons (Fsp3) is 1.00. The van der Waals surface area contributed by atoms with Gasteiger partial charge >= 0.3 is 0 Å². The molecule has 0 radical (unpaired) electrons. The van der Waals surface area contributed by atoms with Crippen molar-refractivity contribution in [1.82, 2.24) is 0 Å². The minimum absolute atomic E-state index is 0.507. The molecular formula is C104H208. The quantitative estimate of drug-likeness (QED) is 0.233. The van der Waals surface area contributed by atoms with Gasteiger partial charge in [-0.2, -0.15) is 0 Å². The molecule has 10 rings (SSSR count). The van der Waals surface area contributed by atoms with Crippen LogP contribution in [0, 0.1) is 76.8 Å². The maximum Gasteiger partial charge on any atom is -0.0277 e. The zero-order chi connectivity index (χ0) is 78.4. The highest BCUT2D eigenvalue weighted by atomic mass is 14.5. The van der Waals surface area contributed by atoms with Crippen LogP contribution >= 0.6 is 0 Å². The minimum Gasteiger partial charge on any atom is -0.0649 e. The van der Waals surface area contributed by atoms with E-state index < -0.39 is 0 Å². The predicted octanol–water partition coefficient (Wildman–Crippen LogP) is 38.6. The van der Waals surface area contributed by atoms with Crippen LogP contribution in [0.2, 0.25) is 0 Å². The van der Waals surface area contributed by atoms with E-state index in [2.05, 4.69) is 180 Å². The molecule has 0 aliphatic heterocycles. The van der Waals surface area contributed by atoms with E-state index in [0.29, 0.717) is 54.1 Å². The van der Waals surface area contributed by atoms with Gasteiger partial charge in [0.25, 0.3) is 0 Å². The molecule has 0 amide bonds. The zero-order valence-corrected chi connectivity index (χ0v) is 78.4. The van der Waals surface area contributed by atoms with E-state index in [1.54, 1.807) is 0 Å². The first kappa shape index (κ1) is 102. The second-order valence-electron chi connectivity index (χ2n) is 45.4. The van der Waals surface area contributed by atoms with Gasteiger partial charge in [-0.25, -0.2) is 0 Å². The van der Waals surface area contributed by atoms with Crippen LogP contribution in [-0.2, 0) is 0 Å². The maximum absolute atomic E-state index is 2.47. The highest BCUT2D eigenvalue weighted by Crippen LogP contribution is 2.52. The Labute approximate surface area is 663 Å². The lowest BCUT2D eigenvalue weighted by molar-refractivity contribution is 0.0601. The third-order valence-corrected chi connectivity index (χ3v) is 32.9. The molecule has 0 atom stereocenters. The molecule has 0 aromatic rings. The second-order valence-corrected chi connectivity index (χ2v) is 45.4. The summed E-state index contributed by atoms with van der Waals surface area (Å²) >= 11 is 0. The van der Waals surface area contributed by atoms with Gasteiger partial charge in [0.05, 0.1) is 0 Å². The molecule has 0 nitrogen and oxygen atoms in total. The number of hydrogen-bond acceptors (Lipinski definition) is 0. The van der Waals surface area contributed by atoms with Gasteiger partial charge in [0.2, 0.25) is 0 Å². The summed E-state index contributed by atoms with van der Waals surface area (Å²) in [5.41, 5.74) is 7.76. The van der Waals surface area contributed by atoms with Gasteiger partial charge in [0.1, 0.15) is 0 Å². The van der Waals surface area contributed by atoms with Gasteiger partial charge < -0.3 is 0 Å². The van der Waals surface area contributed by atoms with E-state index in [9.17, 15) is 0 Å². The van der Waals surface area contributed by atoms with Crippen molar-refractivity contribution in [3.05, 3.63) is 0 Å². The van der Waals surface area contributed by atoms with Gasteiger partial charge in [0, 0.05) is 0 Å². The Hall–Kier alpha value is 0. The van der Waals surface area contributed by atoms with Crippen LogP contribution in [0.1, 0.15) is 591 Å². The fourth-order valence-corrected chi connectivity index (χ4v) is 19.9. The van der Waals surface area contributed by atoms with Crippen molar-refractivity contribution in [1.29, 1.82) is 0 Å². The van der Waals surface area contributed by atoms with Gasteiger partial charge in [0.15, 0.2) is 0 Å². The van der Waals surface area contributed by atoms with Gasteiger partial charge in [-0.15, -0.1) is 0 Å². The molecule has 0 heteroatoms. The molecule has 0 N–H and O–H groups in total. The number of hydrogen-bond donors (Lipinski definition) is 0. The van der Waals surface area contributed by atoms with Crippen LogP contribution in [0.5, 0.6) is 0 Å². The molecule has 0 bridgehead atoms. The molecule has 0 heterocycles. The van der Waals surface area contributed by atoms with Crippen LogP contribution in [0.4, 0.5) is 0 Å². The van der Waals surface area contributed by atoms with E-state index >= 15 is 0 Å². The van der Waals surface area contributed by atoms with Crippen molar-refractivity contribution in [3.63, 3.8) is 0 Å². The van der Waals surface area contributed by atoms with Crippen molar-refractivity contribution in [2.24, 2.45) is 76.8 Å². The third-order valence-electron chi connectivity index (χ3n) is 32.9. The minimum atomic E-state index is 0.507. The standard InChI is InChI=1S/C14H28.C12H24.2C11H22.3C10H20.2C9H18.C8H16/c1-14(2)12-10-8-6-4-3-5-7-9-11-13-14;1-12(2)10-8-6-4-3-5-7-9-11-12;1-10(2,3)11(4)8-6-5-7-9-11;1-3-11(2)9-7-5-4-6-8-10-11;1-9(2,3)10(4)7-5-6-8-10;1-9(2)10(3)7-5-4-6-8-10;1-3-10(2)8-6-4-5-7-9-10;1-8(2)9(3)6-4-5-7-9;1-3-9(2)7-5-4-6-8-9;1-3-8(2)6-4-5-7-8/h3-13H2,1-2H3;3-11H2,1-2H3;5-9H2,1-4H3;3-10H2,1-2H3;5-8H2,1-4H3;9H,4-8H2,1-3H3;3-9H2,1-2H3;8H,4-7H2,1-3H3;3-8H2,1-2H3;3-7H2,1-2H3. The molecule has 0 aromatic carbocycles. The van der Waals surface area contributed by atoms with Crippen molar-refractivity contribution in [2.45, 2.75) is 591 Å². The average Bonchev–Trinajstić information content (AvgIpc) is 1.30. The highest BCUT2D eigenvalue weighted by molar-refractivity contribution is 4.91. The monoisotopic (exact) mass is 1460 g/mol. The summed E-state index contributed by atoms with van der Waals surface area (Å²) in [7, 11) is 0. The van der Waals surface area contributed by atoms with Crippen LogP contribution < -0.4 is 0 Å². The summed E-state index contributed by atoms with van der Waals surface area (Å²) in [5.74, 6) is 1.77. The smallest absolute Gasteiger partial charge is 0.0277 e. The predicted molar refractivity (Wildman–Crippen MR) is 479 cm³/mol. The highest BCUT2D eigenvalue weighted by Gasteiger charge is 2.40. The Morgan fingerprint density at radius 1 is 0.183 bits per heavy atom. The SMILES string of the molecule is CC(C)(C)C1(C)CCCC1.CC(C)(C)C1(C)CCCCC1.CC(C)C1(C)CCCC1.CC(C)C1(C)CCCCC1.CC1(C)CCCCCCCCC1.CC1(C)CCCCCCCCCCC1.CCC1(C)CCCC1.CCC1(C)CCCCC1.CCC1(C)CCCCCC1.CCC1(C)CCCCCCC1. The van der Waals surface area contributed by atoms with Crippen LogP contribution in [-0.4, -0.2) is 0 Å². The molecule has 0 aromatic heterocycles. The van der Waals surface area contributed by atoms with Crippen molar-refractivity contribution in [2.75, 3.05) is 0 Å². The van der Waals surface area contributed by atoms with Crippen LogP contribution in [0.15, 0.2) is 0 Å². The Balaban J connectivity index is 0.000000580. The molecule has 10 aliphatic carbocycles. The lowest BCUT2D eigenvalue weighted by Crippen LogP contribution is -2.34. The maximum atomic E-state index is 2.47. The van der Waals surface area contributed by atoms with Crippen molar-refractivity contribution >= 4 is 0 Å². The van der Waals surface area contributed by atoms with Crippen molar-refractivity contribution in [3.8, 4) is 0 Å². The number of rotatable bonds is 6. The van der Waals surface area contributed by atoms with Crippen LogP contribution in [0.3, 0.4) is 0 Å². The first-order valence-corrected chi connectivity index (χ1v) is 48.7. The van der Waals surface area contributed by atoms with Crippen LogP contribution in [0.25, 0.3) is 0 Å². The van der Waals surface area contributed by atoms with Gasteiger partial charge in [-0.1, -0.05) is 463 Å². The lowest BCUT2D eigenvalue weighted by Gasteiger charge is -2.45. The van der Waals surface area contributed by atoms with E-state index in [1.807, 2.05) is 0 Å². The Morgan fingerprint density at radius 3 is 0.462 bits per heavy atom. The van der Waals surface area contributed by atoms with Crippen molar-refractivity contribution < 1.29 is 0 Å².